The number of nitrogens with zero attached hydrogens (tertiary/aromatic N) is 1. The maximum absolute atomic E-state index is 12.1. The number of amides is 1. The van der Waals surface area contributed by atoms with E-state index in [1.165, 1.54) is 11.3 Å². The largest absolute Gasteiger partial charge is 0.469 e. The van der Waals surface area contributed by atoms with Gasteiger partial charge in [-0.25, -0.2) is 4.98 Å². The summed E-state index contributed by atoms with van der Waals surface area (Å²) < 4.78 is 10.2. The van der Waals surface area contributed by atoms with Crippen LogP contribution in [-0.2, 0) is 21.6 Å². The Labute approximate surface area is 125 Å². The van der Waals surface area contributed by atoms with Crippen molar-refractivity contribution < 1.29 is 19.1 Å². The molecule has 2 aromatic rings. The smallest absolute Gasteiger partial charge is 0.229 e. The number of ether oxygens (including phenoxy) is 1. The number of rotatable bonds is 5. The number of carbonyl (C=O) groups is 1. The van der Waals surface area contributed by atoms with Gasteiger partial charge >= 0.3 is 0 Å². The van der Waals surface area contributed by atoms with E-state index in [0.717, 1.165) is 5.76 Å². The molecule has 0 radical (unpaired) electrons. The fourth-order valence-electron chi connectivity index (χ4n) is 2.04. The molecule has 1 atom stereocenters. The van der Waals surface area contributed by atoms with Crippen LogP contribution in [0.5, 0.6) is 0 Å². The number of hydrogen-bond acceptors (Lipinski definition) is 6. The lowest BCUT2D eigenvalue weighted by molar-refractivity contribution is -0.182. The van der Waals surface area contributed by atoms with Crippen LogP contribution in [-0.4, -0.2) is 29.2 Å². The SMILES string of the molecule is CC(Cc1ccco1)C(=O)Nc1ncc(C2(O)COC2)s1. The monoisotopic (exact) mass is 308 g/mol. The zero-order valence-corrected chi connectivity index (χ0v) is 12.4. The van der Waals surface area contributed by atoms with E-state index in [0.29, 0.717) is 16.4 Å². The van der Waals surface area contributed by atoms with Crippen LogP contribution in [0.15, 0.2) is 29.0 Å². The number of aromatic nitrogens is 1. The minimum atomic E-state index is -0.944. The highest BCUT2D eigenvalue weighted by Crippen LogP contribution is 2.34. The molecule has 6 nitrogen and oxygen atoms in total. The van der Waals surface area contributed by atoms with Crippen LogP contribution in [0.2, 0.25) is 0 Å². The third kappa shape index (κ3) is 2.99. The van der Waals surface area contributed by atoms with Crippen LogP contribution in [0.1, 0.15) is 17.6 Å². The summed E-state index contributed by atoms with van der Waals surface area (Å²) in [5.74, 6) is 0.432. The molecule has 112 valence electrons. The molecule has 2 aromatic heterocycles. The predicted octanol–water partition coefficient (Wildman–Crippen LogP) is 1.77. The molecular formula is C14H16N2O4S. The fourth-order valence-corrected chi connectivity index (χ4v) is 2.92. The molecule has 0 aromatic carbocycles. The number of hydrogen-bond donors (Lipinski definition) is 2. The van der Waals surface area contributed by atoms with Gasteiger partial charge in [0.25, 0.3) is 0 Å². The molecule has 1 saturated heterocycles. The van der Waals surface area contributed by atoms with Crippen molar-refractivity contribution in [2.24, 2.45) is 5.92 Å². The van der Waals surface area contributed by atoms with Crippen LogP contribution in [0.3, 0.4) is 0 Å². The number of carbonyl (C=O) groups excluding carboxylic acids is 1. The number of furan rings is 1. The molecule has 0 saturated carbocycles. The van der Waals surface area contributed by atoms with Gasteiger partial charge in [0.1, 0.15) is 11.4 Å². The molecule has 1 aliphatic heterocycles. The van der Waals surface area contributed by atoms with Crippen molar-refractivity contribution in [1.29, 1.82) is 0 Å². The van der Waals surface area contributed by atoms with Crippen molar-refractivity contribution in [2.45, 2.75) is 18.9 Å². The molecule has 3 rings (SSSR count). The first kappa shape index (κ1) is 14.2. The van der Waals surface area contributed by atoms with E-state index in [9.17, 15) is 9.90 Å². The molecule has 21 heavy (non-hydrogen) atoms. The normalized spacial score (nSPS) is 18.0. The van der Waals surface area contributed by atoms with E-state index >= 15 is 0 Å². The van der Waals surface area contributed by atoms with Gasteiger partial charge in [-0.3, -0.25) is 4.79 Å². The van der Waals surface area contributed by atoms with Gasteiger partial charge in [-0.15, -0.1) is 0 Å². The molecule has 1 amide bonds. The summed E-state index contributed by atoms with van der Waals surface area (Å²) in [6.07, 6.45) is 3.71. The van der Waals surface area contributed by atoms with Gasteiger partial charge < -0.3 is 19.6 Å². The van der Waals surface area contributed by atoms with Crippen LogP contribution in [0, 0.1) is 5.92 Å². The zero-order valence-electron chi connectivity index (χ0n) is 11.5. The van der Waals surface area contributed by atoms with E-state index < -0.39 is 5.60 Å². The zero-order chi connectivity index (χ0) is 14.9. The Hall–Kier alpha value is -1.70. The maximum atomic E-state index is 12.1. The van der Waals surface area contributed by atoms with E-state index in [1.54, 1.807) is 18.5 Å². The summed E-state index contributed by atoms with van der Waals surface area (Å²) in [4.78, 5) is 17.0. The Balaban J connectivity index is 1.59. The molecule has 3 heterocycles. The maximum Gasteiger partial charge on any atom is 0.229 e. The van der Waals surface area contributed by atoms with Crippen molar-refractivity contribution in [3.63, 3.8) is 0 Å². The molecule has 1 fully saturated rings. The Bertz CT molecular complexity index is 619. The average molecular weight is 308 g/mol. The second-order valence-electron chi connectivity index (χ2n) is 5.23. The number of aliphatic hydroxyl groups is 1. The molecular weight excluding hydrogens is 292 g/mol. The quantitative estimate of drug-likeness (QED) is 0.879. The van der Waals surface area contributed by atoms with Crippen molar-refractivity contribution in [1.82, 2.24) is 4.98 Å². The Morgan fingerprint density at radius 3 is 3.05 bits per heavy atom. The minimum absolute atomic E-state index is 0.121. The molecule has 1 aliphatic rings. The lowest BCUT2D eigenvalue weighted by Crippen LogP contribution is -2.45. The topological polar surface area (TPSA) is 84.6 Å². The predicted molar refractivity (Wildman–Crippen MR) is 77.0 cm³/mol. The van der Waals surface area contributed by atoms with Crippen LogP contribution in [0.25, 0.3) is 0 Å². The highest BCUT2D eigenvalue weighted by atomic mass is 32.1. The number of thiazole rings is 1. The summed E-state index contributed by atoms with van der Waals surface area (Å²) in [5, 5.41) is 13.4. The summed E-state index contributed by atoms with van der Waals surface area (Å²) in [6, 6.07) is 3.64. The molecule has 1 unspecified atom stereocenters. The van der Waals surface area contributed by atoms with Gasteiger partial charge in [-0.2, -0.15) is 0 Å². The lowest BCUT2D eigenvalue weighted by atomic mass is 10.0. The van der Waals surface area contributed by atoms with Gasteiger partial charge in [0.2, 0.25) is 5.91 Å². The number of nitrogens with one attached hydrogen (secondary N) is 1. The first-order chi connectivity index (χ1) is 10.1. The standard InChI is InChI=1S/C14H16N2O4S/c1-9(5-10-3-2-4-20-10)12(17)16-13-15-6-11(21-13)14(18)7-19-8-14/h2-4,6,9,18H,5,7-8H2,1H3,(H,15,16,17). The molecule has 0 aliphatic carbocycles. The van der Waals surface area contributed by atoms with Crippen LogP contribution < -0.4 is 5.32 Å². The van der Waals surface area contributed by atoms with Crippen molar-refractivity contribution >= 4 is 22.4 Å². The van der Waals surface area contributed by atoms with Gasteiger partial charge in [-0.1, -0.05) is 18.3 Å². The Kier molecular flexibility index (Phi) is 3.79. The molecule has 7 heteroatoms. The third-order valence-electron chi connectivity index (χ3n) is 3.41. The highest BCUT2D eigenvalue weighted by Gasteiger charge is 2.40. The Morgan fingerprint density at radius 2 is 2.43 bits per heavy atom. The van der Waals surface area contributed by atoms with Crippen LogP contribution >= 0.6 is 11.3 Å². The van der Waals surface area contributed by atoms with E-state index in [1.807, 2.05) is 13.0 Å². The third-order valence-corrected chi connectivity index (χ3v) is 4.52. The van der Waals surface area contributed by atoms with E-state index in [2.05, 4.69) is 10.3 Å². The molecule has 0 bridgehead atoms. The van der Waals surface area contributed by atoms with Gasteiger partial charge in [0.05, 0.1) is 24.4 Å². The second-order valence-corrected chi connectivity index (χ2v) is 6.26. The van der Waals surface area contributed by atoms with Crippen molar-refractivity contribution in [2.75, 3.05) is 18.5 Å². The lowest BCUT2D eigenvalue weighted by Gasteiger charge is -2.34. The average Bonchev–Trinajstić information content (AvgIpc) is 3.07. The van der Waals surface area contributed by atoms with Crippen molar-refractivity contribution in [3.8, 4) is 0 Å². The fraction of sp³-hybridized carbons (Fsp3) is 0.429. The highest BCUT2D eigenvalue weighted by molar-refractivity contribution is 7.15. The van der Waals surface area contributed by atoms with Crippen LogP contribution in [0.4, 0.5) is 5.13 Å². The van der Waals surface area contributed by atoms with Gasteiger partial charge in [0.15, 0.2) is 5.13 Å². The first-order valence-electron chi connectivity index (χ1n) is 6.66. The first-order valence-corrected chi connectivity index (χ1v) is 7.48. The second kappa shape index (κ2) is 5.59. The molecule has 2 N–H and O–H groups in total. The summed E-state index contributed by atoms with van der Waals surface area (Å²) in [5.41, 5.74) is -0.944. The summed E-state index contributed by atoms with van der Waals surface area (Å²) in [7, 11) is 0. The van der Waals surface area contributed by atoms with Gasteiger partial charge in [-0.05, 0) is 12.1 Å². The van der Waals surface area contributed by atoms with Crippen molar-refractivity contribution in [3.05, 3.63) is 35.2 Å². The number of anilines is 1. The summed E-state index contributed by atoms with van der Waals surface area (Å²) >= 11 is 1.27. The minimum Gasteiger partial charge on any atom is -0.469 e. The van der Waals surface area contributed by atoms with E-state index in [-0.39, 0.29) is 25.0 Å². The van der Waals surface area contributed by atoms with E-state index in [4.69, 9.17) is 9.15 Å². The van der Waals surface area contributed by atoms with Gasteiger partial charge in [0, 0.05) is 18.5 Å². The molecule has 0 spiro atoms. The summed E-state index contributed by atoms with van der Waals surface area (Å²) in [6.45, 7) is 2.38. The Morgan fingerprint density at radius 1 is 1.62 bits per heavy atom.